The van der Waals surface area contributed by atoms with E-state index in [1.807, 2.05) is 6.92 Å². The van der Waals surface area contributed by atoms with Crippen molar-refractivity contribution in [1.82, 2.24) is 9.38 Å². The number of nitrogens with zero attached hydrogens (tertiary/aromatic N) is 3. The molecular weight excluding hydrogens is 270 g/mol. The fourth-order valence-electron chi connectivity index (χ4n) is 1.91. The summed E-state index contributed by atoms with van der Waals surface area (Å²) in [4.78, 5) is 16.3. The van der Waals surface area contributed by atoms with E-state index >= 15 is 0 Å². The summed E-state index contributed by atoms with van der Waals surface area (Å²) in [6.07, 6.45) is 3.34. The lowest BCUT2D eigenvalue weighted by molar-refractivity contribution is 0.0595. The van der Waals surface area contributed by atoms with Crippen LogP contribution in [0.1, 0.15) is 36.8 Å². The third-order valence-electron chi connectivity index (χ3n) is 3.18. The molecule has 0 saturated heterocycles. The van der Waals surface area contributed by atoms with Crippen molar-refractivity contribution in [2.45, 2.75) is 26.2 Å². The van der Waals surface area contributed by atoms with Crippen LogP contribution in [0, 0.1) is 11.3 Å². The van der Waals surface area contributed by atoms with Gasteiger partial charge in [0.15, 0.2) is 0 Å². The van der Waals surface area contributed by atoms with E-state index in [0.717, 1.165) is 0 Å². The van der Waals surface area contributed by atoms with E-state index in [1.165, 1.54) is 7.11 Å². The number of methoxy groups -OCH3 is 1. The molecule has 0 atom stereocenters. The highest BCUT2D eigenvalue weighted by molar-refractivity contribution is 5.92. The highest BCUT2D eigenvalue weighted by Crippen LogP contribution is 2.26. The second kappa shape index (κ2) is 5.44. The smallest absolute Gasteiger partial charge is 0.343 e. The van der Waals surface area contributed by atoms with E-state index in [4.69, 9.17) is 9.47 Å². The van der Waals surface area contributed by atoms with Gasteiger partial charge >= 0.3 is 5.97 Å². The van der Waals surface area contributed by atoms with Crippen molar-refractivity contribution in [3.8, 4) is 11.8 Å². The molecule has 0 aromatic carbocycles. The lowest BCUT2D eigenvalue weighted by atomic mass is 9.92. The second-order valence-corrected chi connectivity index (χ2v) is 5.10. The number of fused-ring (bicyclic) bond motifs is 1. The molecule has 0 unspecified atom stereocenters. The van der Waals surface area contributed by atoms with Gasteiger partial charge in [-0.25, -0.2) is 9.78 Å². The van der Waals surface area contributed by atoms with Gasteiger partial charge < -0.3 is 13.9 Å². The minimum absolute atomic E-state index is 0.325. The molecule has 2 aromatic rings. The maximum absolute atomic E-state index is 11.8. The standard InChI is InChI=1S/C15H17N3O3/c1-5-21-11-6-13-17-12(15(2,3)9-16)8-18(13)7-10(11)14(19)20-4/h6-8H,5H2,1-4H3. The SMILES string of the molecule is CCOc1cc2nc(C(C)(C)C#N)cn2cc1C(=O)OC. The zero-order chi connectivity index (χ0) is 15.6. The maximum Gasteiger partial charge on any atom is 0.343 e. The quantitative estimate of drug-likeness (QED) is 0.806. The fourth-order valence-corrected chi connectivity index (χ4v) is 1.91. The molecule has 0 bridgehead atoms. The number of esters is 1. The average molecular weight is 287 g/mol. The molecule has 2 aromatic heterocycles. The number of aromatic nitrogens is 2. The molecule has 0 radical (unpaired) electrons. The van der Waals surface area contributed by atoms with E-state index < -0.39 is 11.4 Å². The van der Waals surface area contributed by atoms with Gasteiger partial charge in [0.2, 0.25) is 0 Å². The van der Waals surface area contributed by atoms with Gasteiger partial charge in [-0.05, 0) is 20.8 Å². The Labute approximate surface area is 122 Å². The lowest BCUT2D eigenvalue weighted by Crippen LogP contribution is -2.14. The molecule has 21 heavy (non-hydrogen) atoms. The third kappa shape index (κ3) is 2.68. The summed E-state index contributed by atoms with van der Waals surface area (Å²) in [5.74, 6) is -0.0566. The minimum atomic E-state index is -0.705. The fraction of sp³-hybridized carbons (Fsp3) is 0.400. The Morgan fingerprint density at radius 2 is 2.19 bits per heavy atom. The molecule has 2 rings (SSSR count). The molecule has 6 nitrogen and oxygen atoms in total. The summed E-state index contributed by atoms with van der Waals surface area (Å²) in [5, 5.41) is 9.19. The number of nitriles is 1. The van der Waals surface area contributed by atoms with Crippen LogP contribution >= 0.6 is 0 Å². The van der Waals surface area contributed by atoms with Crippen LogP contribution in [0.3, 0.4) is 0 Å². The van der Waals surface area contributed by atoms with Crippen molar-refractivity contribution in [2.75, 3.05) is 13.7 Å². The maximum atomic E-state index is 11.8. The Kier molecular flexibility index (Phi) is 3.85. The molecule has 0 N–H and O–H groups in total. The lowest BCUT2D eigenvalue weighted by Gasteiger charge is -2.09. The molecule has 0 fully saturated rings. The largest absolute Gasteiger partial charge is 0.493 e. The predicted molar refractivity (Wildman–Crippen MR) is 76.3 cm³/mol. The van der Waals surface area contributed by atoms with Crippen molar-refractivity contribution >= 4 is 11.6 Å². The first-order valence-corrected chi connectivity index (χ1v) is 6.58. The first kappa shape index (κ1) is 14.9. The Bertz CT molecular complexity index is 726. The summed E-state index contributed by atoms with van der Waals surface area (Å²) in [6.45, 7) is 5.84. The van der Waals surface area contributed by atoms with Crippen LogP contribution in [-0.2, 0) is 10.2 Å². The summed E-state index contributed by atoms with van der Waals surface area (Å²) in [5.41, 5.74) is 0.868. The van der Waals surface area contributed by atoms with Crippen LogP contribution in [0.4, 0.5) is 0 Å². The topological polar surface area (TPSA) is 76.6 Å². The number of imidazole rings is 1. The molecule has 0 aliphatic carbocycles. The predicted octanol–water partition coefficient (Wildman–Crippen LogP) is 2.32. The Morgan fingerprint density at radius 1 is 1.48 bits per heavy atom. The van der Waals surface area contributed by atoms with Crippen LogP contribution in [-0.4, -0.2) is 29.1 Å². The molecule has 110 valence electrons. The molecule has 0 amide bonds. The van der Waals surface area contributed by atoms with Crippen molar-refractivity contribution in [1.29, 1.82) is 5.26 Å². The highest BCUT2D eigenvalue weighted by atomic mass is 16.5. The number of hydrogen-bond donors (Lipinski definition) is 0. The zero-order valence-corrected chi connectivity index (χ0v) is 12.5. The van der Waals surface area contributed by atoms with Gasteiger partial charge in [0.25, 0.3) is 0 Å². The van der Waals surface area contributed by atoms with E-state index in [-0.39, 0.29) is 0 Å². The molecule has 0 saturated carbocycles. The van der Waals surface area contributed by atoms with Gasteiger partial charge in [-0.2, -0.15) is 5.26 Å². The van der Waals surface area contributed by atoms with Crippen molar-refractivity contribution in [2.24, 2.45) is 0 Å². The van der Waals surface area contributed by atoms with Crippen molar-refractivity contribution in [3.63, 3.8) is 0 Å². The number of rotatable bonds is 4. The highest BCUT2D eigenvalue weighted by Gasteiger charge is 2.24. The summed E-state index contributed by atoms with van der Waals surface area (Å²) in [7, 11) is 1.32. The van der Waals surface area contributed by atoms with Crippen LogP contribution in [0.2, 0.25) is 0 Å². The number of ether oxygens (including phenoxy) is 2. The summed E-state index contributed by atoms with van der Waals surface area (Å²) >= 11 is 0. The number of hydrogen-bond acceptors (Lipinski definition) is 5. The van der Waals surface area contributed by atoms with Crippen LogP contribution < -0.4 is 4.74 Å². The Morgan fingerprint density at radius 3 is 2.76 bits per heavy atom. The van der Waals surface area contributed by atoms with Gasteiger partial charge in [0, 0.05) is 18.5 Å². The number of carbonyl (C=O) groups is 1. The van der Waals surface area contributed by atoms with Crippen molar-refractivity contribution in [3.05, 3.63) is 29.7 Å². The second-order valence-electron chi connectivity index (χ2n) is 5.10. The zero-order valence-electron chi connectivity index (χ0n) is 12.5. The van der Waals surface area contributed by atoms with Gasteiger partial charge in [-0.1, -0.05) is 0 Å². The van der Waals surface area contributed by atoms with Crippen molar-refractivity contribution < 1.29 is 14.3 Å². The van der Waals surface area contributed by atoms with E-state index in [1.54, 1.807) is 36.7 Å². The van der Waals surface area contributed by atoms with Crippen LogP contribution in [0.5, 0.6) is 5.75 Å². The van der Waals surface area contributed by atoms with E-state index in [2.05, 4.69) is 11.1 Å². The van der Waals surface area contributed by atoms with E-state index in [0.29, 0.717) is 29.3 Å². The summed E-state index contributed by atoms with van der Waals surface area (Å²) in [6, 6.07) is 3.88. The average Bonchev–Trinajstić information content (AvgIpc) is 2.89. The molecule has 0 spiro atoms. The van der Waals surface area contributed by atoms with Gasteiger partial charge in [-0.15, -0.1) is 0 Å². The van der Waals surface area contributed by atoms with Crippen LogP contribution in [0.25, 0.3) is 5.65 Å². The molecular formula is C15H17N3O3. The molecule has 6 heteroatoms. The monoisotopic (exact) mass is 287 g/mol. The Hall–Kier alpha value is -2.55. The Balaban J connectivity index is 2.63. The molecule has 0 aliphatic heterocycles. The minimum Gasteiger partial charge on any atom is -0.493 e. The number of pyridine rings is 1. The first-order chi connectivity index (χ1) is 9.92. The third-order valence-corrected chi connectivity index (χ3v) is 3.18. The first-order valence-electron chi connectivity index (χ1n) is 6.58. The summed E-state index contributed by atoms with van der Waals surface area (Å²) < 4.78 is 11.9. The number of carbonyl (C=O) groups excluding carboxylic acids is 1. The van der Waals surface area contributed by atoms with Gasteiger partial charge in [0.1, 0.15) is 17.0 Å². The normalized spacial score (nSPS) is 11.2. The van der Waals surface area contributed by atoms with Gasteiger partial charge in [-0.3, -0.25) is 0 Å². The van der Waals surface area contributed by atoms with Gasteiger partial charge in [0.05, 0.1) is 30.9 Å². The van der Waals surface area contributed by atoms with Crippen LogP contribution in [0.15, 0.2) is 18.5 Å². The van der Waals surface area contributed by atoms with E-state index in [9.17, 15) is 10.1 Å². The molecule has 2 heterocycles. The molecule has 0 aliphatic rings.